The number of hydrogen-bond acceptors (Lipinski definition) is 5. The Balaban J connectivity index is 1.57. The number of amides is 2. The van der Waals surface area contributed by atoms with Gasteiger partial charge in [0.05, 0.1) is 5.02 Å². The monoisotopic (exact) mass is 516 g/mol. The van der Waals surface area contributed by atoms with Gasteiger partial charge < -0.3 is 19.5 Å². The van der Waals surface area contributed by atoms with Crippen LogP contribution in [0.3, 0.4) is 0 Å². The molecule has 1 aliphatic heterocycles. The maximum absolute atomic E-state index is 13.9. The summed E-state index contributed by atoms with van der Waals surface area (Å²) in [7, 11) is 0. The van der Waals surface area contributed by atoms with E-state index in [0.29, 0.717) is 29.3 Å². The maximum Gasteiger partial charge on any atom is 0.408 e. The third-order valence-corrected chi connectivity index (χ3v) is 7.39. The summed E-state index contributed by atoms with van der Waals surface area (Å²) >= 11 is 6.15. The van der Waals surface area contributed by atoms with Crippen LogP contribution in [-0.4, -0.2) is 56.5 Å². The first-order chi connectivity index (χ1) is 17.0. The van der Waals surface area contributed by atoms with Crippen LogP contribution in [0.4, 0.5) is 4.79 Å². The molecule has 2 aromatic heterocycles. The Morgan fingerprint density at radius 1 is 1.17 bits per heavy atom. The van der Waals surface area contributed by atoms with Gasteiger partial charge in [-0.05, 0) is 65.4 Å². The summed E-state index contributed by atoms with van der Waals surface area (Å²) in [6.45, 7) is 8.15. The van der Waals surface area contributed by atoms with Crippen molar-refractivity contribution >= 4 is 40.4 Å². The van der Waals surface area contributed by atoms with Gasteiger partial charge in [0.15, 0.2) is 5.78 Å². The summed E-state index contributed by atoms with van der Waals surface area (Å²) in [5.74, 6) is -0.00355. The summed E-state index contributed by atoms with van der Waals surface area (Å²) in [6, 6.07) is 1.10. The third-order valence-electron chi connectivity index (χ3n) is 7.19. The van der Waals surface area contributed by atoms with Gasteiger partial charge in [-0.2, -0.15) is 0 Å². The normalized spacial score (nSPS) is 19.9. The first kappa shape index (κ1) is 26.5. The molecule has 196 valence electrons. The molecule has 1 N–H and O–H groups in total. The molecule has 2 aliphatic rings. The largest absolute Gasteiger partial charge is 0.444 e. The SMILES string of the molecule is CC(=O)c1cn(C[C@@H]2CCCN2C(=O)[C@@H](NC(=O)OC(C)(C)C)C2CCCCC2)c2ncc(Cl)cc12. The van der Waals surface area contributed by atoms with Gasteiger partial charge in [-0.1, -0.05) is 30.9 Å². The second kappa shape index (κ2) is 10.8. The number of ketones is 1. The minimum Gasteiger partial charge on any atom is -0.444 e. The molecule has 4 rings (SSSR count). The van der Waals surface area contributed by atoms with Crippen LogP contribution in [0.15, 0.2) is 18.5 Å². The molecular formula is C27H37ClN4O4. The number of nitrogens with one attached hydrogen (secondary N) is 1. The van der Waals surface area contributed by atoms with Gasteiger partial charge in [-0.3, -0.25) is 9.59 Å². The van der Waals surface area contributed by atoms with Crippen LogP contribution in [0, 0.1) is 5.92 Å². The number of nitrogens with zero attached hydrogens (tertiary/aromatic N) is 3. The molecule has 0 bridgehead atoms. The highest BCUT2D eigenvalue weighted by molar-refractivity contribution is 6.31. The van der Waals surface area contributed by atoms with Crippen molar-refractivity contribution in [2.75, 3.05) is 6.54 Å². The Morgan fingerprint density at radius 3 is 2.56 bits per heavy atom. The fourth-order valence-corrected chi connectivity index (χ4v) is 5.73. The number of halogens is 1. The third kappa shape index (κ3) is 6.02. The highest BCUT2D eigenvalue weighted by atomic mass is 35.5. The number of carbonyl (C=O) groups excluding carboxylic acids is 3. The van der Waals surface area contributed by atoms with Crippen LogP contribution in [0.1, 0.15) is 83.0 Å². The standard InChI is InChI=1S/C27H37ClN4O4/c1-17(33)22-16-31(24-21(22)13-19(28)14-29-24)15-20-11-8-12-32(20)25(34)23(18-9-6-5-7-10-18)30-26(35)36-27(2,3)4/h13-14,16,18,20,23H,5-12,15H2,1-4H3,(H,30,35)/t20-,23-/m0/s1. The number of likely N-dealkylation sites (tertiary alicyclic amines) is 1. The van der Waals surface area contributed by atoms with Crippen LogP contribution >= 0.6 is 11.6 Å². The van der Waals surface area contributed by atoms with E-state index in [2.05, 4.69) is 10.3 Å². The predicted molar refractivity (Wildman–Crippen MR) is 139 cm³/mol. The number of rotatable bonds is 6. The fraction of sp³-hybridized carbons (Fsp3) is 0.630. The number of carbonyl (C=O) groups is 3. The first-order valence-corrected chi connectivity index (χ1v) is 13.4. The molecule has 2 aromatic rings. The van der Waals surface area contributed by atoms with Crippen LogP contribution < -0.4 is 5.32 Å². The van der Waals surface area contributed by atoms with Crippen LogP contribution in [0.2, 0.25) is 5.02 Å². The Hall–Kier alpha value is -2.61. The molecule has 36 heavy (non-hydrogen) atoms. The summed E-state index contributed by atoms with van der Waals surface area (Å²) in [4.78, 5) is 45.3. The Labute approximate surface area is 217 Å². The van der Waals surface area contributed by atoms with E-state index in [4.69, 9.17) is 16.3 Å². The van der Waals surface area contributed by atoms with E-state index in [0.717, 1.165) is 50.3 Å². The van der Waals surface area contributed by atoms with E-state index in [9.17, 15) is 14.4 Å². The molecule has 2 atom stereocenters. The number of ether oxygens (including phenoxy) is 1. The number of alkyl carbamates (subject to hydrolysis) is 1. The van der Waals surface area contributed by atoms with E-state index in [-0.39, 0.29) is 23.7 Å². The Morgan fingerprint density at radius 2 is 1.89 bits per heavy atom. The van der Waals surface area contributed by atoms with Gasteiger partial charge in [-0.25, -0.2) is 9.78 Å². The highest BCUT2D eigenvalue weighted by Gasteiger charge is 2.39. The van der Waals surface area contributed by atoms with Crippen molar-refractivity contribution in [2.45, 2.75) is 96.9 Å². The molecule has 1 saturated heterocycles. The fourth-order valence-electron chi connectivity index (χ4n) is 5.57. The summed E-state index contributed by atoms with van der Waals surface area (Å²) < 4.78 is 7.46. The number of pyridine rings is 1. The second-order valence-corrected chi connectivity index (χ2v) is 11.6. The zero-order valence-corrected chi connectivity index (χ0v) is 22.4. The van der Waals surface area contributed by atoms with Crippen LogP contribution in [0.5, 0.6) is 0 Å². The number of aromatic nitrogens is 2. The average molecular weight is 517 g/mol. The lowest BCUT2D eigenvalue weighted by Crippen LogP contribution is -2.55. The van der Waals surface area contributed by atoms with Gasteiger partial charge in [0.1, 0.15) is 17.3 Å². The van der Waals surface area contributed by atoms with Gasteiger partial charge in [0.25, 0.3) is 0 Å². The van der Waals surface area contributed by atoms with E-state index >= 15 is 0 Å². The van der Waals surface area contributed by atoms with Gasteiger partial charge in [-0.15, -0.1) is 0 Å². The lowest BCUT2D eigenvalue weighted by Gasteiger charge is -2.35. The summed E-state index contributed by atoms with van der Waals surface area (Å²) in [5, 5.41) is 4.12. The first-order valence-electron chi connectivity index (χ1n) is 13.0. The Kier molecular flexibility index (Phi) is 7.93. The molecule has 9 heteroatoms. The van der Waals surface area contributed by atoms with Crippen molar-refractivity contribution < 1.29 is 19.1 Å². The molecule has 1 aliphatic carbocycles. The van der Waals surface area contributed by atoms with Crippen molar-refractivity contribution in [3.05, 3.63) is 29.0 Å². The molecule has 0 radical (unpaired) electrons. The minimum atomic E-state index is -0.639. The number of Topliss-reactive ketones (excluding diaryl/α,β-unsaturated/α-hetero) is 1. The van der Waals surface area contributed by atoms with Gasteiger partial charge in [0, 0.05) is 42.5 Å². The molecule has 2 amide bonds. The van der Waals surface area contributed by atoms with Crippen molar-refractivity contribution in [3.63, 3.8) is 0 Å². The lowest BCUT2D eigenvalue weighted by molar-refractivity contribution is -0.136. The van der Waals surface area contributed by atoms with E-state index in [1.165, 1.54) is 6.92 Å². The number of hydrogen-bond donors (Lipinski definition) is 1. The van der Waals surface area contributed by atoms with E-state index in [1.807, 2.05) is 36.4 Å². The molecule has 1 saturated carbocycles. The molecule has 8 nitrogen and oxygen atoms in total. The van der Waals surface area contributed by atoms with Crippen molar-refractivity contribution in [2.24, 2.45) is 5.92 Å². The molecular weight excluding hydrogens is 480 g/mol. The Bertz CT molecular complexity index is 1130. The van der Waals surface area contributed by atoms with Crippen molar-refractivity contribution in [1.82, 2.24) is 19.8 Å². The highest BCUT2D eigenvalue weighted by Crippen LogP contribution is 2.31. The molecule has 0 aromatic carbocycles. The smallest absolute Gasteiger partial charge is 0.408 e. The molecule has 0 spiro atoms. The molecule has 2 fully saturated rings. The van der Waals surface area contributed by atoms with Crippen LogP contribution in [-0.2, 0) is 16.1 Å². The van der Waals surface area contributed by atoms with Gasteiger partial charge in [0.2, 0.25) is 5.91 Å². The van der Waals surface area contributed by atoms with E-state index < -0.39 is 17.7 Å². The quantitative estimate of drug-likeness (QED) is 0.522. The lowest BCUT2D eigenvalue weighted by atomic mass is 9.83. The van der Waals surface area contributed by atoms with Crippen molar-refractivity contribution in [1.29, 1.82) is 0 Å². The second-order valence-electron chi connectivity index (χ2n) is 11.1. The average Bonchev–Trinajstić information content (AvgIpc) is 3.41. The minimum absolute atomic E-state index is 0.0467. The zero-order chi connectivity index (χ0) is 26.0. The van der Waals surface area contributed by atoms with E-state index in [1.54, 1.807) is 12.3 Å². The topological polar surface area (TPSA) is 93.5 Å². The van der Waals surface area contributed by atoms with Crippen LogP contribution in [0.25, 0.3) is 11.0 Å². The number of fused-ring (bicyclic) bond motifs is 1. The van der Waals surface area contributed by atoms with Crippen molar-refractivity contribution in [3.8, 4) is 0 Å². The maximum atomic E-state index is 13.9. The molecule has 0 unspecified atom stereocenters. The summed E-state index contributed by atoms with van der Waals surface area (Å²) in [6.07, 6.45) is 9.69. The predicted octanol–water partition coefficient (Wildman–Crippen LogP) is 5.36. The van der Waals surface area contributed by atoms with Gasteiger partial charge >= 0.3 is 6.09 Å². The zero-order valence-electron chi connectivity index (χ0n) is 21.7. The summed E-state index contributed by atoms with van der Waals surface area (Å²) in [5.41, 5.74) is 0.613. The molecule has 3 heterocycles.